The molecule has 1 aliphatic rings. The van der Waals surface area contributed by atoms with E-state index in [2.05, 4.69) is 21.6 Å². The average Bonchev–Trinajstić information content (AvgIpc) is 3.15. The topological polar surface area (TPSA) is 70.9 Å². The van der Waals surface area contributed by atoms with E-state index in [1.807, 2.05) is 31.2 Å². The summed E-state index contributed by atoms with van der Waals surface area (Å²) < 4.78 is 5.38. The number of furan rings is 1. The molecule has 0 aliphatic carbocycles. The first-order valence-corrected chi connectivity index (χ1v) is 7.19. The molecule has 0 bridgehead atoms. The lowest BCUT2D eigenvalue weighted by Gasteiger charge is -2.26. The van der Waals surface area contributed by atoms with Crippen LogP contribution in [-0.2, 0) is 4.79 Å². The summed E-state index contributed by atoms with van der Waals surface area (Å²) in [7, 11) is 0. The number of rotatable bonds is 2. The maximum Gasteiger partial charge on any atom is 0.225 e. The maximum atomic E-state index is 12.0. The molecule has 0 radical (unpaired) electrons. The quantitative estimate of drug-likeness (QED) is 0.757. The lowest BCUT2D eigenvalue weighted by Crippen LogP contribution is -2.23. The predicted molar refractivity (Wildman–Crippen MR) is 84.4 cm³/mol. The highest BCUT2D eigenvalue weighted by Crippen LogP contribution is 2.39. The van der Waals surface area contributed by atoms with Gasteiger partial charge in [0.25, 0.3) is 0 Å². The summed E-state index contributed by atoms with van der Waals surface area (Å²) in [6, 6.07) is 7.81. The minimum atomic E-state index is 0.0311. The van der Waals surface area contributed by atoms with Crippen molar-refractivity contribution in [3.63, 3.8) is 0 Å². The molecule has 0 saturated carbocycles. The van der Waals surface area contributed by atoms with E-state index in [1.54, 1.807) is 12.5 Å². The Hall–Kier alpha value is -2.82. The Kier molecular flexibility index (Phi) is 2.85. The van der Waals surface area contributed by atoms with Crippen LogP contribution in [0.3, 0.4) is 0 Å². The number of aromatic nitrogens is 2. The summed E-state index contributed by atoms with van der Waals surface area (Å²) in [6.07, 6.45) is 5.89. The third kappa shape index (κ3) is 2.11. The van der Waals surface area contributed by atoms with Crippen molar-refractivity contribution in [2.45, 2.75) is 19.3 Å². The molecule has 1 atom stereocenters. The number of hydrogen-bond donors (Lipinski definition) is 2. The van der Waals surface area contributed by atoms with Crippen LogP contribution in [0.2, 0.25) is 0 Å². The Balaban J connectivity index is 1.82. The zero-order valence-corrected chi connectivity index (χ0v) is 12.1. The van der Waals surface area contributed by atoms with Gasteiger partial charge in [0.15, 0.2) is 0 Å². The van der Waals surface area contributed by atoms with Gasteiger partial charge in [-0.3, -0.25) is 9.89 Å². The van der Waals surface area contributed by atoms with Crippen molar-refractivity contribution < 1.29 is 9.21 Å². The van der Waals surface area contributed by atoms with Gasteiger partial charge in [0.1, 0.15) is 5.76 Å². The van der Waals surface area contributed by atoms with E-state index in [0.29, 0.717) is 6.42 Å². The van der Waals surface area contributed by atoms with Gasteiger partial charge < -0.3 is 9.73 Å². The molecule has 5 nitrogen and oxygen atoms in total. The third-order valence-electron chi connectivity index (χ3n) is 4.11. The minimum Gasteiger partial charge on any atom is -0.465 e. The Morgan fingerprint density at radius 1 is 1.45 bits per heavy atom. The highest BCUT2D eigenvalue weighted by Gasteiger charge is 2.27. The van der Waals surface area contributed by atoms with Gasteiger partial charge in [-0.05, 0) is 42.8 Å². The molecule has 22 heavy (non-hydrogen) atoms. The number of allylic oxidation sites excluding steroid dienone is 1. The molecular formula is C17H15N3O2. The van der Waals surface area contributed by atoms with Gasteiger partial charge in [-0.15, -0.1) is 0 Å². The number of anilines is 1. The molecule has 2 aromatic heterocycles. The summed E-state index contributed by atoms with van der Waals surface area (Å²) in [4.78, 5) is 12.0. The standard InChI is InChI=1S/C17H15N3O2/c1-10(5-12-3-2-4-22-12)13-7-17(21)19-16-8-15-11(6-14(13)16)9-18-20-15/h2-6,8-9,13H,7H2,1H3,(H,18,20)(H,19,21). The molecule has 4 rings (SSSR count). The van der Waals surface area contributed by atoms with Gasteiger partial charge in [-0.2, -0.15) is 5.10 Å². The Labute approximate surface area is 127 Å². The van der Waals surface area contributed by atoms with Gasteiger partial charge in [-0.25, -0.2) is 0 Å². The first-order valence-electron chi connectivity index (χ1n) is 7.19. The molecule has 1 aromatic carbocycles. The maximum absolute atomic E-state index is 12.0. The van der Waals surface area contributed by atoms with Crippen LogP contribution in [0.15, 0.2) is 46.7 Å². The van der Waals surface area contributed by atoms with Crippen molar-refractivity contribution in [3.05, 3.63) is 53.6 Å². The van der Waals surface area contributed by atoms with Crippen molar-refractivity contribution in [3.8, 4) is 0 Å². The van der Waals surface area contributed by atoms with Crippen LogP contribution >= 0.6 is 0 Å². The smallest absolute Gasteiger partial charge is 0.225 e. The summed E-state index contributed by atoms with van der Waals surface area (Å²) in [6.45, 7) is 2.04. The monoisotopic (exact) mass is 293 g/mol. The van der Waals surface area contributed by atoms with Crippen LogP contribution in [0.4, 0.5) is 5.69 Å². The summed E-state index contributed by atoms with van der Waals surface area (Å²) >= 11 is 0. The first kappa shape index (κ1) is 12.9. The fourth-order valence-corrected chi connectivity index (χ4v) is 3.01. The molecule has 3 heterocycles. The van der Waals surface area contributed by atoms with Crippen LogP contribution in [0.25, 0.3) is 17.0 Å². The number of aromatic amines is 1. The van der Waals surface area contributed by atoms with Crippen molar-refractivity contribution in [1.29, 1.82) is 0 Å². The number of carbonyl (C=O) groups excluding carboxylic acids is 1. The van der Waals surface area contributed by atoms with Gasteiger partial charge in [0.05, 0.1) is 18.0 Å². The van der Waals surface area contributed by atoms with E-state index in [9.17, 15) is 4.79 Å². The van der Waals surface area contributed by atoms with Gasteiger partial charge in [0.2, 0.25) is 5.91 Å². The molecule has 1 aliphatic heterocycles. The van der Waals surface area contributed by atoms with E-state index in [1.165, 1.54) is 0 Å². The van der Waals surface area contributed by atoms with Crippen LogP contribution in [0.5, 0.6) is 0 Å². The molecular weight excluding hydrogens is 278 g/mol. The number of H-pyrrole nitrogens is 1. The van der Waals surface area contributed by atoms with Crippen molar-refractivity contribution >= 4 is 28.6 Å². The summed E-state index contributed by atoms with van der Waals surface area (Å²) in [5.74, 6) is 0.881. The minimum absolute atomic E-state index is 0.0311. The number of carbonyl (C=O) groups is 1. The Morgan fingerprint density at radius 2 is 2.36 bits per heavy atom. The second-order valence-corrected chi connectivity index (χ2v) is 5.61. The number of nitrogens with one attached hydrogen (secondary N) is 2. The zero-order valence-electron chi connectivity index (χ0n) is 12.1. The number of amides is 1. The fourth-order valence-electron chi connectivity index (χ4n) is 3.01. The lowest BCUT2D eigenvalue weighted by atomic mass is 9.84. The Morgan fingerprint density at radius 3 is 3.18 bits per heavy atom. The number of benzene rings is 1. The summed E-state index contributed by atoms with van der Waals surface area (Å²) in [5, 5.41) is 11.0. The van der Waals surface area contributed by atoms with Crippen LogP contribution in [0.1, 0.15) is 30.6 Å². The van der Waals surface area contributed by atoms with Crippen molar-refractivity contribution in [2.24, 2.45) is 0 Å². The van der Waals surface area contributed by atoms with Crippen LogP contribution < -0.4 is 5.32 Å². The highest BCUT2D eigenvalue weighted by atomic mass is 16.3. The molecule has 1 unspecified atom stereocenters. The molecule has 110 valence electrons. The molecule has 0 fully saturated rings. The largest absolute Gasteiger partial charge is 0.465 e. The van der Waals surface area contributed by atoms with Gasteiger partial charge in [-0.1, -0.05) is 5.57 Å². The SMILES string of the molecule is CC(=Cc1ccco1)C1CC(=O)Nc2cc3[nH]ncc3cc21. The van der Waals surface area contributed by atoms with E-state index in [4.69, 9.17) is 4.42 Å². The van der Waals surface area contributed by atoms with E-state index in [0.717, 1.165) is 33.5 Å². The molecule has 0 saturated heterocycles. The predicted octanol–water partition coefficient (Wildman–Crippen LogP) is 3.69. The average molecular weight is 293 g/mol. The molecule has 2 N–H and O–H groups in total. The van der Waals surface area contributed by atoms with E-state index >= 15 is 0 Å². The van der Waals surface area contributed by atoms with Gasteiger partial charge >= 0.3 is 0 Å². The van der Waals surface area contributed by atoms with Crippen LogP contribution in [0, 0.1) is 0 Å². The lowest BCUT2D eigenvalue weighted by molar-refractivity contribution is -0.116. The summed E-state index contributed by atoms with van der Waals surface area (Å²) in [5.41, 5.74) is 4.00. The van der Waals surface area contributed by atoms with E-state index in [-0.39, 0.29) is 11.8 Å². The Bertz CT molecular complexity index is 875. The number of hydrogen-bond acceptors (Lipinski definition) is 3. The van der Waals surface area contributed by atoms with Crippen molar-refractivity contribution in [2.75, 3.05) is 5.32 Å². The second kappa shape index (κ2) is 4.87. The van der Waals surface area contributed by atoms with E-state index < -0.39 is 0 Å². The first-order chi connectivity index (χ1) is 10.7. The molecule has 0 spiro atoms. The zero-order chi connectivity index (χ0) is 15.1. The fraction of sp³-hybridized carbons (Fsp3) is 0.176. The highest BCUT2D eigenvalue weighted by molar-refractivity contribution is 5.98. The van der Waals surface area contributed by atoms with Gasteiger partial charge in [0, 0.05) is 23.4 Å². The molecule has 1 amide bonds. The second-order valence-electron chi connectivity index (χ2n) is 5.61. The van der Waals surface area contributed by atoms with Crippen LogP contribution in [-0.4, -0.2) is 16.1 Å². The number of fused-ring (bicyclic) bond motifs is 2. The molecule has 5 heteroatoms. The molecule has 3 aromatic rings. The van der Waals surface area contributed by atoms with Crippen molar-refractivity contribution in [1.82, 2.24) is 10.2 Å². The third-order valence-corrected chi connectivity index (χ3v) is 4.11. The normalized spacial score (nSPS) is 18.3. The number of nitrogens with zero attached hydrogens (tertiary/aromatic N) is 1.